The molecule has 368 valence electrons. The number of unbranched alkanes of at least 4 members (excludes halogenated alkanes) is 2. The molecule has 8 rings (SSSR count). The summed E-state index contributed by atoms with van der Waals surface area (Å²) in [6.45, 7) is 8.88. The molecule has 0 atom stereocenters. The van der Waals surface area contributed by atoms with Gasteiger partial charge in [-0.2, -0.15) is 0 Å². The number of H-pyrrole nitrogens is 2. The van der Waals surface area contributed by atoms with Gasteiger partial charge in [-0.15, -0.1) is 0 Å². The molecule has 6 aromatic carbocycles. The Morgan fingerprint density at radius 1 is 0.500 bits per heavy atom. The summed E-state index contributed by atoms with van der Waals surface area (Å²) in [6, 6.07) is 36.4. The van der Waals surface area contributed by atoms with Crippen LogP contribution < -0.4 is 32.4 Å². The average molecular weight is 1070 g/mol. The number of nitrogens with one attached hydrogen (secondary N) is 6. The molecule has 0 saturated carbocycles. The zero-order chi connectivity index (χ0) is 50.7. The number of halogens is 6. The van der Waals surface area contributed by atoms with Crippen LogP contribution in [0.4, 0.5) is 21.5 Å². The average Bonchev–Trinajstić information content (AvgIpc) is 3.30. The first-order valence-corrected chi connectivity index (χ1v) is 25.1. The first-order valence-electron chi connectivity index (χ1n) is 22.5. The zero-order valence-electron chi connectivity index (χ0n) is 39.0. The van der Waals surface area contributed by atoms with Crippen molar-refractivity contribution < 1.29 is 9.59 Å². The summed E-state index contributed by atoms with van der Waals surface area (Å²) < 4.78 is -1.50. The number of aromatic nitrogens is 4. The lowest BCUT2D eigenvalue weighted by atomic mass is 9.92. The highest BCUT2D eigenvalue weighted by atomic mass is 35.6. The van der Waals surface area contributed by atoms with E-state index >= 15 is 0 Å². The van der Waals surface area contributed by atoms with Gasteiger partial charge in [0, 0.05) is 37.1 Å². The SMILES string of the molecule is CCCCNC(=O)Nc1nc(C)c(Cc2c3ccccc3cc3ccccc23)c(=O)[nH]1.CCCCNC(=O)Nc1nc(C)c(Cc2c3ccccc3cc3ccccc23)c(=O)[nH]1.ClC(Cl)Cl.ClC(Cl)Cl. The van der Waals surface area contributed by atoms with E-state index in [-0.39, 0.29) is 35.1 Å². The molecular formula is C52H54Cl6N8O4. The first-order chi connectivity index (χ1) is 33.6. The first kappa shape index (κ1) is 55.3. The van der Waals surface area contributed by atoms with E-state index in [0.29, 0.717) is 48.4 Å². The highest BCUT2D eigenvalue weighted by molar-refractivity contribution is 6.63. The van der Waals surface area contributed by atoms with Crippen molar-refractivity contribution in [2.24, 2.45) is 0 Å². The summed E-state index contributed by atoms with van der Waals surface area (Å²) in [6.07, 6.45) is 4.69. The van der Waals surface area contributed by atoms with Crippen LogP contribution in [0, 0.1) is 13.8 Å². The monoisotopic (exact) mass is 1060 g/mol. The number of amides is 4. The smallest absolute Gasteiger partial charge is 0.321 e. The maximum absolute atomic E-state index is 12.9. The molecule has 0 radical (unpaired) electrons. The molecule has 2 heterocycles. The standard InChI is InChI=1S/2C25H26N4O2.2CHCl3/c2*1-3-4-13-26-25(31)29-24-27-16(2)21(23(30)28-24)15-22-19-11-7-5-9-17(19)14-18-10-6-8-12-20(18)22;2*2-1(3)4/h2*5-12,14H,3-4,13,15H2,1-2H3,(H3,26,27,28,29,30,31);2*1H. The van der Waals surface area contributed by atoms with E-state index in [9.17, 15) is 19.2 Å². The number of carbonyl (C=O) groups excluding carboxylic acids is 2. The predicted octanol–water partition coefficient (Wildman–Crippen LogP) is 13.8. The molecular weight excluding hydrogens is 1010 g/mol. The third-order valence-corrected chi connectivity index (χ3v) is 11.0. The minimum atomic E-state index is -0.750. The maximum Gasteiger partial charge on any atom is 0.321 e. The van der Waals surface area contributed by atoms with Crippen molar-refractivity contribution in [3.63, 3.8) is 0 Å². The van der Waals surface area contributed by atoms with Crippen molar-refractivity contribution in [2.75, 3.05) is 23.7 Å². The number of alkyl halides is 6. The van der Waals surface area contributed by atoms with Crippen molar-refractivity contribution in [3.8, 4) is 0 Å². The van der Waals surface area contributed by atoms with Crippen molar-refractivity contribution in [3.05, 3.63) is 164 Å². The summed E-state index contributed by atoms with van der Waals surface area (Å²) in [7, 11) is 0. The molecule has 8 aromatic rings. The van der Waals surface area contributed by atoms with Crippen molar-refractivity contribution in [1.29, 1.82) is 0 Å². The highest BCUT2D eigenvalue weighted by Crippen LogP contribution is 2.32. The number of hydrogen-bond acceptors (Lipinski definition) is 6. The van der Waals surface area contributed by atoms with Crippen molar-refractivity contribution in [1.82, 2.24) is 30.6 Å². The van der Waals surface area contributed by atoms with E-state index in [1.807, 2.05) is 48.5 Å². The van der Waals surface area contributed by atoms with E-state index in [1.165, 1.54) is 0 Å². The molecule has 12 nitrogen and oxygen atoms in total. The Morgan fingerprint density at radius 2 is 0.786 bits per heavy atom. The van der Waals surface area contributed by atoms with Crippen LogP contribution in [0.15, 0.2) is 119 Å². The zero-order valence-corrected chi connectivity index (χ0v) is 43.5. The Kier molecular flexibility index (Phi) is 21.9. The molecule has 18 heteroatoms. The fourth-order valence-electron chi connectivity index (χ4n) is 7.77. The Hall–Kier alpha value is -5.60. The second-order valence-corrected chi connectivity index (χ2v) is 19.8. The number of urea groups is 2. The summed E-state index contributed by atoms with van der Waals surface area (Å²) in [5, 5.41) is 19.8. The van der Waals surface area contributed by atoms with E-state index in [4.69, 9.17) is 69.6 Å². The molecule has 2 aromatic heterocycles. The molecule has 0 unspecified atom stereocenters. The minimum absolute atomic E-state index is 0.156. The second kappa shape index (κ2) is 27.7. The van der Waals surface area contributed by atoms with Gasteiger partial charge in [0.2, 0.25) is 11.9 Å². The minimum Gasteiger partial charge on any atom is -0.338 e. The molecule has 6 N–H and O–H groups in total. The molecule has 0 saturated heterocycles. The lowest BCUT2D eigenvalue weighted by molar-refractivity contribution is 0.251. The van der Waals surface area contributed by atoms with Gasteiger partial charge in [-0.05, 0) is 93.0 Å². The third-order valence-electron chi connectivity index (χ3n) is 11.0. The van der Waals surface area contributed by atoms with E-state index in [2.05, 4.69) is 116 Å². The number of fused-ring (bicyclic) bond motifs is 4. The van der Waals surface area contributed by atoms with Crippen LogP contribution >= 0.6 is 69.6 Å². The molecule has 0 spiro atoms. The summed E-state index contributed by atoms with van der Waals surface area (Å²) in [4.78, 5) is 64.1. The van der Waals surface area contributed by atoms with Gasteiger partial charge in [-0.1, -0.05) is 193 Å². The van der Waals surface area contributed by atoms with Gasteiger partial charge in [0.25, 0.3) is 11.1 Å². The fraction of sp³-hybridized carbons (Fsp3) is 0.269. The molecule has 0 aliphatic rings. The van der Waals surface area contributed by atoms with Crippen LogP contribution in [0.5, 0.6) is 0 Å². The maximum atomic E-state index is 12.9. The van der Waals surface area contributed by atoms with Gasteiger partial charge >= 0.3 is 12.1 Å². The predicted molar refractivity (Wildman–Crippen MR) is 294 cm³/mol. The second-order valence-electron chi connectivity index (χ2n) is 15.9. The molecule has 0 aliphatic carbocycles. The van der Waals surface area contributed by atoms with Crippen molar-refractivity contribution >= 4 is 137 Å². The number of benzene rings is 6. The van der Waals surface area contributed by atoms with Crippen LogP contribution in [0.2, 0.25) is 0 Å². The van der Waals surface area contributed by atoms with Crippen LogP contribution in [-0.2, 0) is 12.8 Å². The Morgan fingerprint density at radius 3 is 1.06 bits per heavy atom. The fourth-order valence-corrected chi connectivity index (χ4v) is 7.77. The molecule has 0 bridgehead atoms. The van der Waals surface area contributed by atoms with Crippen LogP contribution in [0.1, 0.15) is 73.2 Å². The molecule has 0 fully saturated rings. The van der Waals surface area contributed by atoms with Crippen LogP contribution in [0.25, 0.3) is 43.1 Å². The lowest BCUT2D eigenvalue weighted by Gasteiger charge is -2.13. The Balaban J connectivity index is 0.000000226. The summed E-state index contributed by atoms with van der Waals surface area (Å²) in [5.74, 6) is 0.311. The van der Waals surface area contributed by atoms with Gasteiger partial charge in [-0.3, -0.25) is 30.2 Å². The van der Waals surface area contributed by atoms with Crippen molar-refractivity contribution in [2.45, 2.75) is 74.8 Å². The van der Waals surface area contributed by atoms with Gasteiger partial charge in [0.05, 0.1) is 11.4 Å². The number of hydrogen-bond donors (Lipinski definition) is 6. The number of nitrogens with zero attached hydrogens (tertiary/aromatic N) is 2. The van der Waals surface area contributed by atoms with E-state index in [0.717, 1.165) is 79.9 Å². The Bertz CT molecular complexity index is 2840. The van der Waals surface area contributed by atoms with Crippen LogP contribution in [0.3, 0.4) is 0 Å². The Labute approximate surface area is 436 Å². The number of aryl methyl sites for hydroxylation is 2. The van der Waals surface area contributed by atoms with Gasteiger partial charge in [0.1, 0.15) is 0 Å². The topological polar surface area (TPSA) is 174 Å². The quantitative estimate of drug-likeness (QED) is 0.0403. The number of aromatic amines is 2. The normalized spacial score (nSPS) is 10.8. The van der Waals surface area contributed by atoms with Crippen LogP contribution in [-0.4, -0.2) is 53.7 Å². The van der Waals surface area contributed by atoms with Gasteiger partial charge < -0.3 is 10.6 Å². The summed E-state index contributed by atoms with van der Waals surface area (Å²) >= 11 is 28.8. The lowest BCUT2D eigenvalue weighted by Crippen LogP contribution is -2.31. The largest absolute Gasteiger partial charge is 0.338 e. The van der Waals surface area contributed by atoms with Gasteiger partial charge in [0.15, 0.2) is 8.59 Å². The third kappa shape index (κ3) is 16.2. The highest BCUT2D eigenvalue weighted by Gasteiger charge is 2.17. The number of anilines is 2. The number of carbonyl (C=O) groups is 2. The summed E-state index contributed by atoms with van der Waals surface area (Å²) in [5.41, 5.74) is 4.11. The molecule has 4 amide bonds. The van der Waals surface area contributed by atoms with E-state index in [1.54, 1.807) is 13.8 Å². The van der Waals surface area contributed by atoms with Gasteiger partial charge in [-0.25, -0.2) is 19.6 Å². The molecule has 0 aliphatic heterocycles. The van der Waals surface area contributed by atoms with E-state index < -0.39 is 8.59 Å². The molecule has 70 heavy (non-hydrogen) atoms. The number of rotatable bonds is 12.